The molecule has 3 fully saturated rings. The van der Waals surface area contributed by atoms with E-state index in [1.165, 1.54) is 24.8 Å². The third kappa shape index (κ3) is 1.63. The quantitative estimate of drug-likeness (QED) is 0.603. The number of rotatable bonds is 0. The molecule has 5 atom stereocenters. The van der Waals surface area contributed by atoms with E-state index in [0.29, 0.717) is 17.8 Å². The van der Waals surface area contributed by atoms with Crippen LogP contribution in [0.15, 0.2) is 23.3 Å². The fraction of sp³-hybridized carbons (Fsp3) is 0.789. The monoisotopic (exact) mass is 304 g/mol. The van der Waals surface area contributed by atoms with Crippen LogP contribution in [0.3, 0.4) is 0 Å². The average Bonchev–Trinajstić information content (AvgIpc) is 2.86. The summed E-state index contributed by atoms with van der Waals surface area (Å²) in [7, 11) is 0. The molecule has 22 heavy (non-hydrogen) atoms. The van der Waals surface area contributed by atoms with E-state index in [0.717, 1.165) is 24.8 Å². The summed E-state index contributed by atoms with van der Waals surface area (Å²) in [6.45, 7) is 4.38. The summed E-state index contributed by atoms with van der Waals surface area (Å²) in [6, 6.07) is 0. The standard InChI is InChI=1S/C19H28O3/c1-17-10-3-4-14(17)13-7-5-12-6-8-16(20)19(21,22)18(12,2)15(13)9-11-17/h5,7,14-16,20-22H,3-4,6,8-11H2,1-2H3/t14-,15-,16?,17-,18-/m0/s1. The Labute approximate surface area is 132 Å². The van der Waals surface area contributed by atoms with Crippen molar-refractivity contribution in [2.45, 2.75) is 70.7 Å². The molecule has 0 aliphatic heterocycles. The first-order valence-corrected chi connectivity index (χ1v) is 8.84. The normalized spacial score (nSPS) is 49.6. The Bertz CT molecular complexity index is 561. The molecule has 0 bridgehead atoms. The maximum absolute atomic E-state index is 10.8. The van der Waals surface area contributed by atoms with Crippen LogP contribution < -0.4 is 0 Å². The molecule has 0 radical (unpaired) electrons. The van der Waals surface area contributed by atoms with Gasteiger partial charge in [0.15, 0.2) is 5.79 Å². The van der Waals surface area contributed by atoms with E-state index in [4.69, 9.17) is 0 Å². The van der Waals surface area contributed by atoms with E-state index >= 15 is 0 Å². The molecule has 4 aliphatic carbocycles. The van der Waals surface area contributed by atoms with Crippen LogP contribution in [0.4, 0.5) is 0 Å². The molecular weight excluding hydrogens is 276 g/mol. The predicted octanol–water partition coefficient (Wildman–Crippen LogP) is 2.91. The van der Waals surface area contributed by atoms with Gasteiger partial charge in [0.05, 0.1) is 5.41 Å². The first kappa shape index (κ1) is 14.9. The van der Waals surface area contributed by atoms with E-state index in [1.54, 1.807) is 0 Å². The SMILES string of the molecule is C[C@@]12CCC[C@H]1C1=CC=C3CCC(O)C(O)(O)[C@]3(C)[C@H]1CC2. The molecule has 0 aromatic carbocycles. The van der Waals surface area contributed by atoms with Gasteiger partial charge in [-0.05, 0) is 62.7 Å². The topological polar surface area (TPSA) is 60.7 Å². The second-order valence-electron chi connectivity index (χ2n) is 8.53. The predicted molar refractivity (Wildman–Crippen MR) is 84.9 cm³/mol. The molecule has 4 aliphatic rings. The molecule has 3 nitrogen and oxygen atoms in total. The lowest BCUT2D eigenvalue weighted by molar-refractivity contribution is -0.300. The maximum atomic E-state index is 10.8. The van der Waals surface area contributed by atoms with Crippen LogP contribution in [0.5, 0.6) is 0 Å². The highest BCUT2D eigenvalue weighted by Gasteiger charge is 2.63. The van der Waals surface area contributed by atoms with Gasteiger partial charge in [-0.2, -0.15) is 0 Å². The van der Waals surface area contributed by atoms with Gasteiger partial charge >= 0.3 is 0 Å². The van der Waals surface area contributed by atoms with Crippen molar-refractivity contribution in [3.05, 3.63) is 23.3 Å². The molecule has 0 spiro atoms. The van der Waals surface area contributed by atoms with E-state index in [9.17, 15) is 15.3 Å². The molecule has 0 amide bonds. The van der Waals surface area contributed by atoms with E-state index < -0.39 is 17.3 Å². The smallest absolute Gasteiger partial charge is 0.199 e. The third-order valence-electron chi connectivity index (χ3n) is 7.65. The summed E-state index contributed by atoms with van der Waals surface area (Å²) in [5.41, 5.74) is 2.18. The average molecular weight is 304 g/mol. The van der Waals surface area contributed by atoms with Gasteiger partial charge in [0.2, 0.25) is 0 Å². The van der Waals surface area contributed by atoms with Crippen LogP contribution >= 0.6 is 0 Å². The minimum absolute atomic E-state index is 0.161. The van der Waals surface area contributed by atoms with Gasteiger partial charge in [0.1, 0.15) is 6.10 Å². The third-order valence-corrected chi connectivity index (χ3v) is 7.65. The molecule has 4 rings (SSSR count). The van der Waals surface area contributed by atoms with E-state index in [2.05, 4.69) is 19.1 Å². The number of aliphatic hydroxyl groups excluding tert-OH is 1. The van der Waals surface area contributed by atoms with E-state index in [-0.39, 0.29) is 5.92 Å². The van der Waals surface area contributed by atoms with Gasteiger partial charge in [0.25, 0.3) is 0 Å². The summed E-state index contributed by atoms with van der Waals surface area (Å²) < 4.78 is 0. The second-order valence-corrected chi connectivity index (χ2v) is 8.53. The zero-order valence-electron chi connectivity index (χ0n) is 13.7. The summed E-state index contributed by atoms with van der Waals surface area (Å²) in [5.74, 6) is -1.28. The van der Waals surface area contributed by atoms with Crippen molar-refractivity contribution in [3.63, 3.8) is 0 Å². The fourth-order valence-corrected chi connectivity index (χ4v) is 6.11. The van der Waals surface area contributed by atoms with Gasteiger partial charge in [-0.25, -0.2) is 0 Å². The van der Waals surface area contributed by atoms with E-state index in [1.807, 2.05) is 6.92 Å². The van der Waals surface area contributed by atoms with Crippen molar-refractivity contribution in [1.29, 1.82) is 0 Å². The molecular formula is C19H28O3. The summed E-state index contributed by atoms with van der Waals surface area (Å²) >= 11 is 0. The number of fused-ring (bicyclic) bond motifs is 5. The maximum Gasteiger partial charge on any atom is 0.199 e. The van der Waals surface area contributed by atoms with Crippen LogP contribution in [0.2, 0.25) is 0 Å². The van der Waals surface area contributed by atoms with Crippen molar-refractivity contribution >= 4 is 0 Å². The Balaban J connectivity index is 1.81. The van der Waals surface area contributed by atoms with Gasteiger partial charge in [-0.1, -0.05) is 36.6 Å². The Hall–Kier alpha value is -0.640. The highest BCUT2D eigenvalue weighted by Crippen LogP contribution is 2.64. The van der Waals surface area contributed by atoms with Crippen molar-refractivity contribution in [2.24, 2.45) is 22.7 Å². The molecule has 0 saturated heterocycles. The Kier molecular flexibility index (Phi) is 3.03. The van der Waals surface area contributed by atoms with Crippen LogP contribution in [0.25, 0.3) is 0 Å². The van der Waals surface area contributed by atoms with Crippen LogP contribution in [0.1, 0.15) is 58.8 Å². The number of hydrogen-bond acceptors (Lipinski definition) is 3. The first-order valence-electron chi connectivity index (χ1n) is 8.84. The molecule has 0 aromatic rings. The zero-order chi connectivity index (χ0) is 15.8. The van der Waals surface area contributed by atoms with Gasteiger partial charge in [0, 0.05) is 0 Å². The first-order chi connectivity index (χ1) is 10.3. The lowest BCUT2D eigenvalue weighted by atomic mass is 9.49. The summed E-state index contributed by atoms with van der Waals surface area (Å²) in [4.78, 5) is 0. The lowest BCUT2D eigenvalue weighted by Crippen LogP contribution is -2.63. The van der Waals surface area contributed by atoms with Gasteiger partial charge in [-0.3, -0.25) is 0 Å². The highest BCUT2D eigenvalue weighted by atomic mass is 16.5. The molecule has 0 aromatic heterocycles. The number of allylic oxidation sites excluding steroid dienone is 3. The molecule has 1 unspecified atom stereocenters. The van der Waals surface area contributed by atoms with Crippen molar-refractivity contribution < 1.29 is 15.3 Å². The van der Waals surface area contributed by atoms with Gasteiger partial charge < -0.3 is 15.3 Å². The summed E-state index contributed by atoms with van der Waals surface area (Å²) in [6.07, 6.45) is 10.5. The van der Waals surface area contributed by atoms with Crippen molar-refractivity contribution in [3.8, 4) is 0 Å². The number of hydrogen-bond donors (Lipinski definition) is 3. The van der Waals surface area contributed by atoms with Gasteiger partial charge in [-0.15, -0.1) is 0 Å². The Morgan fingerprint density at radius 1 is 1.00 bits per heavy atom. The lowest BCUT2D eigenvalue weighted by Gasteiger charge is -2.58. The van der Waals surface area contributed by atoms with Crippen LogP contribution in [0, 0.1) is 22.7 Å². The fourth-order valence-electron chi connectivity index (χ4n) is 6.11. The zero-order valence-corrected chi connectivity index (χ0v) is 13.7. The molecule has 3 saturated carbocycles. The van der Waals surface area contributed by atoms with Crippen molar-refractivity contribution in [2.75, 3.05) is 0 Å². The largest absolute Gasteiger partial charge is 0.387 e. The molecule has 3 heteroatoms. The minimum Gasteiger partial charge on any atom is -0.387 e. The minimum atomic E-state index is -2.02. The Morgan fingerprint density at radius 2 is 1.77 bits per heavy atom. The molecule has 0 heterocycles. The van der Waals surface area contributed by atoms with Crippen LogP contribution in [-0.2, 0) is 0 Å². The summed E-state index contributed by atoms with van der Waals surface area (Å²) in [5, 5.41) is 31.8. The van der Waals surface area contributed by atoms with Crippen molar-refractivity contribution in [1.82, 2.24) is 0 Å². The molecule has 3 N–H and O–H groups in total. The van der Waals surface area contributed by atoms with Crippen LogP contribution in [-0.4, -0.2) is 27.2 Å². The number of aliphatic hydroxyl groups is 3. The second kappa shape index (κ2) is 4.46. The highest BCUT2D eigenvalue weighted by molar-refractivity contribution is 5.40. The Morgan fingerprint density at radius 3 is 2.55 bits per heavy atom. The molecule has 122 valence electrons.